The van der Waals surface area contributed by atoms with E-state index in [1.165, 1.54) is 0 Å². The molecule has 0 unspecified atom stereocenters. The molecule has 0 fully saturated rings. The van der Waals surface area contributed by atoms with Gasteiger partial charge in [0.15, 0.2) is 5.82 Å². The van der Waals surface area contributed by atoms with Gasteiger partial charge in [-0.1, -0.05) is 5.16 Å². The maximum atomic E-state index is 5.02. The Kier molecular flexibility index (Phi) is 1.65. The van der Waals surface area contributed by atoms with Crippen LogP contribution in [0.5, 0.6) is 0 Å². The molecule has 5 heteroatoms. The van der Waals surface area contributed by atoms with Gasteiger partial charge in [-0.15, -0.1) is 0 Å². The van der Waals surface area contributed by atoms with Crippen LogP contribution in [-0.2, 0) is 7.05 Å². The first-order valence-corrected chi connectivity index (χ1v) is 3.98. The monoisotopic (exact) mass is 178 g/mol. The van der Waals surface area contributed by atoms with Crippen molar-refractivity contribution in [2.75, 3.05) is 0 Å². The first-order chi connectivity index (χ1) is 6.16. The molecular formula is C8H10N4O. The molecule has 0 amide bonds. The van der Waals surface area contributed by atoms with Crippen molar-refractivity contribution in [2.24, 2.45) is 7.05 Å². The zero-order valence-electron chi connectivity index (χ0n) is 7.77. The molecular weight excluding hydrogens is 168 g/mol. The van der Waals surface area contributed by atoms with E-state index in [4.69, 9.17) is 4.52 Å². The van der Waals surface area contributed by atoms with Gasteiger partial charge in [0.1, 0.15) is 5.69 Å². The molecule has 0 aliphatic rings. The van der Waals surface area contributed by atoms with Gasteiger partial charge in [-0.05, 0) is 19.9 Å². The predicted molar refractivity (Wildman–Crippen MR) is 46.0 cm³/mol. The van der Waals surface area contributed by atoms with E-state index in [9.17, 15) is 0 Å². The van der Waals surface area contributed by atoms with Crippen LogP contribution in [0.25, 0.3) is 11.6 Å². The van der Waals surface area contributed by atoms with E-state index >= 15 is 0 Å². The van der Waals surface area contributed by atoms with Crippen LogP contribution in [0, 0.1) is 13.8 Å². The van der Waals surface area contributed by atoms with Crippen molar-refractivity contribution in [3.05, 3.63) is 17.6 Å². The Balaban J connectivity index is 2.51. The van der Waals surface area contributed by atoms with Gasteiger partial charge in [0.05, 0.1) is 5.69 Å². The van der Waals surface area contributed by atoms with Crippen molar-refractivity contribution in [3.63, 3.8) is 0 Å². The first kappa shape index (κ1) is 7.97. The second-order valence-electron chi connectivity index (χ2n) is 2.94. The molecule has 0 aromatic carbocycles. The van der Waals surface area contributed by atoms with Crippen LogP contribution < -0.4 is 0 Å². The van der Waals surface area contributed by atoms with Crippen molar-refractivity contribution in [2.45, 2.75) is 13.8 Å². The molecule has 2 rings (SSSR count). The van der Waals surface area contributed by atoms with E-state index in [1.54, 1.807) is 11.6 Å². The molecule has 0 N–H and O–H groups in total. The largest absolute Gasteiger partial charge is 0.332 e. The van der Waals surface area contributed by atoms with Gasteiger partial charge in [0.2, 0.25) is 0 Å². The van der Waals surface area contributed by atoms with Crippen molar-refractivity contribution in [1.29, 1.82) is 0 Å². The van der Waals surface area contributed by atoms with Crippen LogP contribution in [-0.4, -0.2) is 19.9 Å². The van der Waals surface area contributed by atoms with E-state index < -0.39 is 0 Å². The van der Waals surface area contributed by atoms with Gasteiger partial charge in [0.25, 0.3) is 5.89 Å². The quantitative estimate of drug-likeness (QED) is 0.655. The lowest BCUT2D eigenvalue weighted by molar-refractivity contribution is 0.422. The fraction of sp³-hybridized carbons (Fsp3) is 0.375. The molecule has 2 heterocycles. The minimum absolute atomic E-state index is 0.514. The van der Waals surface area contributed by atoms with E-state index in [1.807, 2.05) is 20.0 Å². The van der Waals surface area contributed by atoms with Gasteiger partial charge >= 0.3 is 0 Å². The van der Waals surface area contributed by atoms with Crippen LogP contribution in [0.4, 0.5) is 0 Å². The first-order valence-electron chi connectivity index (χ1n) is 3.98. The highest BCUT2D eigenvalue weighted by Gasteiger charge is 2.11. The Hall–Kier alpha value is -1.65. The van der Waals surface area contributed by atoms with Gasteiger partial charge in [-0.25, -0.2) is 0 Å². The highest BCUT2D eigenvalue weighted by molar-refractivity contribution is 5.47. The maximum Gasteiger partial charge on any atom is 0.276 e. The van der Waals surface area contributed by atoms with Gasteiger partial charge in [-0.3, -0.25) is 4.68 Å². The van der Waals surface area contributed by atoms with Gasteiger partial charge in [-0.2, -0.15) is 10.1 Å². The fourth-order valence-electron chi connectivity index (χ4n) is 1.21. The molecule has 0 radical (unpaired) electrons. The highest BCUT2D eigenvalue weighted by Crippen LogP contribution is 2.16. The predicted octanol–water partition coefficient (Wildman–Crippen LogP) is 1.09. The van der Waals surface area contributed by atoms with Crippen LogP contribution in [0.2, 0.25) is 0 Å². The molecule has 13 heavy (non-hydrogen) atoms. The lowest BCUT2D eigenvalue weighted by atomic mass is 10.4. The van der Waals surface area contributed by atoms with Crippen LogP contribution in [0.15, 0.2) is 10.6 Å². The summed E-state index contributed by atoms with van der Waals surface area (Å²) >= 11 is 0. The molecule has 0 aliphatic heterocycles. The Morgan fingerprint density at radius 3 is 2.62 bits per heavy atom. The highest BCUT2D eigenvalue weighted by atomic mass is 16.5. The summed E-state index contributed by atoms with van der Waals surface area (Å²) in [6.07, 6.45) is 0. The summed E-state index contributed by atoms with van der Waals surface area (Å²) in [6.45, 7) is 3.71. The molecule has 0 atom stereocenters. The molecule has 5 nitrogen and oxygen atoms in total. The van der Waals surface area contributed by atoms with Crippen molar-refractivity contribution >= 4 is 0 Å². The number of hydrogen-bond donors (Lipinski definition) is 0. The number of nitrogens with zero attached hydrogens (tertiary/aromatic N) is 4. The van der Waals surface area contributed by atoms with Crippen LogP contribution >= 0.6 is 0 Å². The molecule has 0 spiro atoms. The van der Waals surface area contributed by atoms with E-state index in [0.717, 1.165) is 11.4 Å². The molecule has 0 aliphatic carbocycles. The number of aryl methyl sites for hydroxylation is 3. The summed E-state index contributed by atoms with van der Waals surface area (Å²) in [5.41, 5.74) is 1.78. The topological polar surface area (TPSA) is 56.7 Å². The SMILES string of the molecule is Cc1cc(-c2nc(C)no2)n(C)n1. The number of hydrogen-bond acceptors (Lipinski definition) is 4. The molecule has 2 aromatic rings. The minimum atomic E-state index is 0.514. The Bertz CT molecular complexity index is 429. The van der Waals surface area contributed by atoms with Crippen molar-refractivity contribution in [3.8, 4) is 11.6 Å². The van der Waals surface area contributed by atoms with E-state index in [-0.39, 0.29) is 0 Å². The summed E-state index contributed by atoms with van der Waals surface area (Å²) < 4.78 is 6.75. The zero-order chi connectivity index (χ0) is 9.42. The van der Waals surface area contributed by atoms with Gasteiger partial charge in [0, 0.05) is 7.05 Å². The summed E-state index contributed by atoms with van der Waals surface area (Å²) in [5.74, 6) is 1.15. The number of rotatable bonds is 1. The molecule has 0 saturated carbocycles. The Labute approximate surface area is 75.4 Å². The van der Waals surface area contributed by atoms with Crippen molar-refractivity contribution in [1.82, 2.24) is 19.9 Å². The third-order valence-corrected chi connectivity index (χ3v) is 1.75. The number of aromatic nitrogens is 4. The lowest BCUT2D eigenvalue weighted by Crippen LogP contribution is -1.93. The molecule has 2 aromatic heterocycles. The third-order valence-electron chi connectivity index (χ3n) is 1.75. The summed E-state index contributed by atoms with van der Waals surface area (Å²) in [6, 6.07) is 1.91. The summed E-state index contributed by atoms with van der Waals surface area (Å²) in [4.78, 5) is 4.12. The zero-order valence-corrected chi connectivity index (χ0v) is 7.77. The standard InChI is InChI=1S/C8H10N4O/c1-5-4-7(12(3)10-5)8-9-6(2)11-13-8/h4H,1-3H3. The van der Waals surface area contributed by atoms with E-state index in [2.05, 4.69) is 15.2 Å². The molecule has 0 bridgehead atoms. The second-order valence-corrected chi connectivity index (χ2v) is 2.94. The normalized spacial score (nSPS) is 10.7. The Morgan fingerprint density at radius 1 is 1.38 bits per heavy atom. The smallest absolute Gasteiger partial charge is 0.276 e. The average Bonchev–Trinajstić information content (AvgIpc) is 2.58. The summed E-state index contributed by atoms with van der Waals surface area (Å²) in [5, 5.41) is 7.90. The van der Waals surface area contributed by atoms with Gasteiger partial charge < -0.3 is 4.52 Å². The fourth-order valence-corrected chi connectivity index (χ4v) is 1.21. The van der Waals surface area contributed by atoms with E-state index in [0.29, 0.717) is 11.7 Å². The summed E-state index contributed by atoms with van der Waals surface area (Å²) in [7, 11) is 1.85. The second kappa shape index (κ2) is 2.69. The average molecular weight is 178 g/mol. The Morgan fingerprint density at radius 2 is 2.15 bits per heavy atom. The van der Waals surface area contributed by atoms with Crippen LogP contribution in [0.3, 0.4) is 0 Å². The third kappa shape index (κ3) is 1.32. The molecule has 68 valence electrons. The van der Waals surface area contributed by atoms with Crippen LogP contribution in [0.1, 0.15) is 11.5 Å². The lowest BCUT2D eigenvalue weighted by Gasteiger charge is -1.92. The maximum absolute atomic E-state index is 5.02. The molecule has 0 saturated heterocycles. The minimum Gasteiger partial charge on any atom is -0.332 e. The van der Waals surface area contributed by atoms with Crippen molar-refractivity contribution < 1.29 is 4.52 Å².